The molecule has 2 rings (SSSR count). The van der Waals surface area contributed by atoms with Gasteiger partial charge in [-0.15, -0.1) is 11.8 Å². The van der Waals surface area contributed by atoms with Gasteiger partial charge >= 0.3 is 0 Å². The quantitative estimate of drug-likeness (QED) is 0.642. The first-order valence-electron chi connectivity index (χ1n) is 6.92. The molecule has 0 saturated heterocycles. The molecule has 0 radical (unpaired) electrons. The second-order valence-corrected chi connectivity index (χ2v) is 7.42. The number of carboxylic acids is 1. The van der Waals surface area contributed by atoms with Gasteiger partial charge in [-0.2, -0.15) is 0 Å². The van der Waals surface area contributed by atoms with Crippen LogP contribution < -0.4 is 5.11 Å². The second kappa shape index (κ2) is 8.77. The second-order valence-electron chi connectivity index (χ2n) is 4.98. The first-order chi connectivity index (χ1) is 11.4. The van der Waals surface area contributed by atoms with Gasteiger partial charge < -0.3 is 9.90 Å². The van der Waals surface area contributed by atoms with E-state index in [1.54, 1.807) is 42.5 Å². The average Bonchev–Trinajstić information content (AvgIpc) is 2.54. The lowest BCUT2D eigenvalue weighted by Gasteiger charge is -2.17. The van der Waals surface area contributed by atoms with E-state index in [2.05, 4.69) is 0 Å². The number of aliphatic carboxylic acids is 1. The van der Waals surface area contributed by atoms with E-state index in [1.165, 1.54) is 0 Å². The van der Waals surface area contributed by atoms with Crippen molar-refractivity contribution >= 4 is 58.3 Å². The molecule has 3 nitrogen and oxygen atoms in total. The predicted octanol–water partition coefficient (Wildman–Crippen LogP) is 4.44. The van der Waals surface area contributed by atoms with Gasteiger partial charge in [0.1, 0.15) is 0 Å². The van der Waals surface area contributed by atoms with Gasteiger partial charge in [0.2, 0.25) is 0 Å². The normalized spacial score (nSPS) is 12.0. The Kier molecular flexibility index (Phi) is 6.99. The van der Waals surface area contributed by atoms with E-state index in [1.807, 2.05) is 0 Å². The van der Waals surface area contributed by atoms with Crippen LogP contribution in [0.4, 0.5) is 0 Å². The fourth-order valence-corrected chi connectivity index (χ4v) is 3.45. The molecular formula is C17H12Cl3O3S-. The van der Waals surface area contributed by atoms with Crippen LogP contribution in [0.1, 0.15) is 27.6 Å². The Bertz CT molecular complexity index is 747. The number of benzene rings is 2. The van der Waals surface area contributed by atoms with Crippen LogP contribution in [0.25, 0.3) is 0 Å². The third-order valence-electron chi connectivity index (χ3n) is 3.25. The third kappa shape index (κ3) is 5.42. The van der Waals surface area contributed by atoms with Crippen molar-refractivity contribution < 1.29 is 14.7 Å². The van der Waals surface area contributed by atoms with Crippen LogP contribution in [-0.4, -0.2) is 17.5 Å². The number of hydrogen-bond donors (Lipinski definition) is 0. The molecule has 0 heterocycles. The number of ketones is 1. The molecule has 0 amide bonds. The molecule has 0 aliphatic heterocycles. The van der Waals surface area contributed by atoms with Gasteiger partial charge in [0.25, 0.3) is 0 Å². The smallest absolute Gasteiger partial charge is 0.164 e. The van der Waals surface area contributed by atoms with Crippen molar-refractivity contribution in [3.63, 3.8) is 0 Å². The fourth-order valence-electron chi connectivity index (χ4n) is 2.08. The van der Waals surface area contributed by atoms with Crippen molar-refractivity contribution in [3.05, 3.63) is 68.7 Å². The van der Waals surface area contributed by atoms with Gasteiger partial charge in [0.05, 0.1) is 16.0 Å². The van der Waals surface area contributed by atoms with Crippen LogP contribution in [0.15, 0.2) is 42.5 Å². The molecule has 0 aliphatic carbocycles. The van der Waals surface area contributed by atoms with E-state index >= 15 is 0 Å². The summed E-state index contributed by atoms with van der Waals surface area (Å²) in [6.07, 6.45) is 0.123. The number of carbonyl (C=O) groups is 2. The van der Waals surface area contributed by atoms with Crippen LogP contribution in [-0.2, 0) is 4.79 Å². The van der Waals surface area contributed by atoms with E-state index in [9.17, 15) is 14.7 Å². The molecule has 0 spiro atoms. The van der Waals surface area contributed by atoms with E-state index in [0.717, 1.165) is 17.3 Å². The van der Waals surface area contributed by atoms with E-state index < -0.39 is 5.97 Å². The minimum atomic E-state index is -1.19. The Morgan fingerprint density at radius 2 is 1.67 bits per heavy atom. The highest BCUT2D eigenvalue weighted by Gasteiger charge is 2.19. The Morgan fingerprint density at radius 3 is 2.25 bits per heavy atom. The van der Waals surface area contributed by atoms with Crippen LogP contribution >= 0.6 is 46.6 Å². The van der Waals surface area contributed by atoms with E-state index in [-0.39, 0.29) is 23.2 Å². The van der Waals surface area contributed by atoms with E-state index in [0.29, 0.717) is 20.6 Å². The Hall–Kier alpha value is -1.20. The molecule has 2 aromatic carbocycles. The Morgan fingerprint density at radius 1 is 1.00 bits per heavy atom. The molecule has 2 aromatic rings. The highest BCUT2D eigenvalue weighted by Crippen LogP contribution is 2.36. The number of carbonyl (C=O) groups excluding carboxylic acids is 2. The largest absolute Gasteiger partial charge is 0.549 e. The van der Waals surface area contributed by atoms with Gasteiger partial charge in [-0.1, -0.05) is 40.9 Å². The molecule has 0 saturated carbocycles. The zero-order valence-electron chi connectivity index (χ0n) is 12.3. The number of thioether (sulfide) groups is 1. The minimum Gasteiger partial charge on any atom is -0.549 e. The SMILES string of the molecule is O=C([O-])CS[C@H](CC(=O)c1ccc(Cl)cc1)c1ccc(Cl)c(Cl)c1. The van der Waals surface area contributed by atoms with Crippen molar-refractivity contribution in [2.24, 2.45) is 0 Å². The zero-order chi connectivity index (χ0) is 17.7. The van der Waals surface area contributed by atoms with Crippen LogP contribution in [0, 0.1) is 0 Å². The summed E-state index contributed by atoms with van der Waals surface area (Å²) in [4.78, 5) is 23.2. The third-order valence-corrected chi connectivity index (χ3v) is 5.49. The summed E-state index contributed by atoms with van der Waals surface area (Å²) in [5.41, 5.74) is 1.25. The lowest BCUT2D eigenvalue weighted by molar-refractivity contribution is -0.301. The number of rotatable bonds is 7. The van der Waals surface area contributed by atoms with Crippen LogP contribution in [0.5, 0.6) is 0 Å². The zero-order valence-corrected chi connectivity index (χ0v) is 15.4. The molecule has 24 heavy (non-hydrogen) atoms. The number of carboxylic acid groups (broad SMARTS) is 1. The van der Waals surface area contributed by atoms with Crippen LogP contribution in [0.3, 0.4) is 0 Å². The first kappa shape index (κ1) is 19.1. The monoisotopic (exact) mass is 401 g/mol. The van der Waals surface area contributed by atoms with Gasteiger partial charge in [0, 0.05) is 28.0 Å². The standard InChI is InChI=1S/C17H13Cl3O3S/c18-12-4-1-10(2-5-12)15(21)8-16(24-9-17(22)23)11-3-6-13(19)14(20)7-11/h1-7,16H,8-9H2,(H,22,23)/p-1/t16-/m1/s1. The fraction of sp³-hybridized carbons (Fsp3) is 0.176. The average molecular weight is 403 g/mol. The number of hydrogen-bond acceptors (Lipinski definition) is 4. The molecule has 126 valence electrons. The van der Waals surface area contributed by atoms with Crippen molar-refractivity contribution in [2.45, 2.75) is 11.7 Å². The maximum atomic E-state index is 12.5. The van der Waals surface area contributed by atoms with Crippen molar-refractivity contribution in [3.8, 4) is 0 Å². The highest BCUT2D eigenvalue weighted by molar-refractivity contribution is 8.00. The van der Waals surface area contributed by atoms with Gasteiger partial charge in [-0.3, -0.25) is 4.79 Å². The molecule has 0 bridgehead atoms. The molecular weight excluding hydrogens is 391 g/mol. The Balaban J connectivity index is 2.21. The summed E-state index contributed by atoms with van der Waals surface area (Å²) in [6, 6.07) is 11.6. The highest BCUT2D eigenvalue weighted by atomic mass is 35.5. The molecule has 0 N–H and O–H groups in total. The molecule has 7 heteroatoms. The van der Waals surface area contributed by atoms with Crippen LogP contribution in [0.2, 0.25) is 15.1 Å². The maximum absolute atomic E-state index is 12.5. The predicted molar refractivity (Wildman–Crippen MR) is 97.1 cm³/mol. The lowest BCUT2D eigenvalue weighted by Crippen LogP contribution is -2.25. The maximum Gasteiger partial charge on any atom is 0.164 e. The Labute approximate surface area is 158 Å². The molecule has 0 unspecified atom stereocenters. The molecule has 0 fully saturated rings. The summed E-state index contributed by atoms with van der Waals surface area (Å²) < 4.78 is 0. The van der Waals surface area contributed by atoms with Gasteiger partial charge in [-0.05, 0) is 42.0 Å². The van der Waals surface area contributed by atoms with Crippen molar-refractivity contribution in [2.75, 3.05) is 5.75 Å². The van der Waals surface area contributed by atoms with E-state index in [4.69, 9.17) is 34.8 Å². The van der Waals surface area contributed by atoms with Crippen molar-refractivity contribution in [1.82, 2.24) is 0 Å². The summed E-state index contributed by atoms with van der Waals surface area (Å²) in [5, 5.41) is 11.7. The summed E-state index contributed by atoms with van der Waals surface area (Å²) >= 11 is 18.9. The van der Waals surface area contributed by atoms with Gasteiger partial charge in [0.15, 0.2) is 5.78 Å². The number of Topliss-reactive ketones (excluding diaryl/α,β-unsaturated/α-hetero) is 1. The molecule has 0 aliphatic rings. The summed E-state index contributed by atoms with van der Waals surface area (Å²) in [6.45, 7) is 0. The summed E-state index contributed by atoms with van der Waals surface area (Å²) in [7, 11) is 0. The van der Waals surface area contributed by atoms with Gasteiger partial charge in [-0.25, -0.2) is 0 Å². The topological polar surface area (TPSA) is 57.2 Å². The van der Waals surface area contributed by atoms with Crippen molar-refractivity contribution in [1.29, 1.82) is 0 Å². The summed E-state index contributed by atoms with van der Waals surface area (Å²) in [5.74, 6) is -1.53. The molecule has 0 aromatic heterocycles. The first-order valence-corrected chi connectivity index (χ1v) is 9.10. The molecule has 1 atom stereocenters. The number of halogens is 3. The lowest BCUT2D eigenvalue weighted by atomic mass is 10.0. The minimum absolute atomic E-state index is 0.117.